The molecule has 98 valence electrons. The molecule has 4 heteroatoms. The Morgan fingerprint density at radius 2 is 1.76 bits per heavy atom. The summed E-state index contributed by atoms with van der Waals surface area (Å²) in [6, 6.07) is 0.327. The van der Waals surface area contributed by atoms with E-state index in [0.717, 1.165) is 51.7 Å². The molecule has 0 aromatic rings. The second-order valence-corrected chi connectivity index (χ2v) is 5.30. The maximum atomic E-state index is 12.0. The molecule has 2 N–H and O–H groups in total. The number of nitrogens with one attached hydrogen (secondary N) is 1. The first-order valence-corrected chi connectivity index (χ1v) is 6.78. The van der Waals surface area contributed by atoms with Crippen molar-refractivity contribution < 1.29 is 14.6 Å². The maximum absolute atomic E-state index is 12.0. The van der Waals surface area contributed by atoms with Gasteiger partial charge in [0, 0.05) is 31.8 Å². The number of carbonyl (C=O) groups is 1. The van der Waals surface area contributed by atoms with Crippen molar-refractivity contribution in [2.45, 2.75) is 44.6 Å². The number of carbonyl (C=O) groups excluding carboxylic acids is 1. The molecule has 4 nitrogen and oxygen atoms in total. The molecule has 2 aliphatic rings. The van der Waals surface area contributed by atoms with E-state index >= 15 is 0 Å². The van der Waals surface area contributed by atoms with E-state index in [0.29, 0.717) is 18.6 Å². The van der Waals surface area contributed by atoms with Gasteiger partial charge in [-0.05, 0) is 44.4 Å². The first-order chi connectivity index (χ1) is 8.29. The Morgan fingerprint density at radius 1 is 1.12 bits per heavy atom. The lowest BCUT2D eigenvalue weighted by atomic mass is 9.86. The summed E-state index contributed by atoms with van der Waals surface area (Å²) in [4.78, 5) is 12.0. The smallest absolute Gasteiger partial charge is 0.223 e. The number of aliphatic hydroxyl groups excluding tert-OH is 1. The Hall–Kier alpha value is -0.610. The number of hydrogen-bond donors (Lipinski definition) is 2. The molecule has 0 aromatic heterocycles. The predicted molar refractivity (Wildman–Crippen MR) is 64.5 cm³/mol. The molecule has 1 amide bonds. The number of amides is 1. The van der Waals surface area contributed by atoms with Crippen molar-refractivity contribution in [3.8, 4) is 0 Å². The molecule has 0 radical (unpaired) electrons. The van der Waals surface area contributed by atoms with Crippen molar-refractivity contribution in [3.63, 3.8) is 0 Å². The standard InChI is InChI=1S/C13H23NO3/c15-9-10-1-3-12(4-2-10)14-13(16)11-5-7-17-8-6-11/h10-12,15H,1-9H2,(H,14,16). The van der Waals surface area contributed by atoms with Crippen LogP contribution in [0.4, 0.5) is 0 Å². The van der Waals surface area contributed by atoms with Crippen LogP contribution in [0.1, 0.15) is 38.5 Å². The number of rotatable bonds is 3. The third-order valence-corrected chi connectivity index (χ3v) is 4.04. The van der Waals surface area contributed by atoms with Gasteiger partial charge < -0.3 is 15.2 Å². The zero-order valence-corrected chi connectivity index (χ0v) is 10.4. The van der Waals surface area contributed by atoms with Crippen molar-refractivity contribution in [3.05, 3.63) is 0 Å². The van der Waals surface area contributed by atoms with Crippen LogP contribution >= 0.6 is 0 Å². The second-order valence-electron chi connectivity index (χ2n) is 5.30. The van der Waals surface area contributed by atoms with Crippen LogP contribution < -0.4 is 5.32 Å². The summed E-state index contributed by atoms with van der Waals surface area (Å²) in [6.07, 6.45) is 5.82. The highest BCUT2D eigenvalue weighted by Gasteiger charge is 2.26. The molecule has 0 bridgehead atoms. The second kappa shape index (κ2) is 6.36. The molecular formula is C13H23NO3. The number of ether oxygens (including phenoxy) is 1. The molecule has 0 spiro atoms. The van der Waals surface area contributed by atoms with Crippen LogP contribution in [-0.2, 0) is 9.53 Å². The highest BCUT2D eigenvalue weighted by molar-refractivity contribution is 5.79. The lowest BCUT2D eigenvalue weighted by Crippen LogP contribution is -2.42. The zero-order valence-electron chi connectivity index (χ0n) is 10.4. The fourth-order valence-electron chi connectivity index (χ4n) is 2.77. The van der Waals surface area contributed by atoms with E-state index in [9.17, 15) is 4.79 Å². The fourth-order valence-corrected chi connectivity index (χ4v) is 2.77. The summed E-state index contributed by atoms with van der Waals surface area (Å²) in [5.74, 6) is 0.811. The zero-order chi connectivity index (χ0) is 12.1. The molecule has 1 heterocycles. The molecular weight excluding hydrogens is 218 g/mol. The van der Waals surface area contributed by atoms with Crippen LogP contribution in [0.25, 0.3) is 0 Å². The van der Waals surface area contributed by atoms with Crippen LogP contribution in [0.3, 0.4) is 0 Å². The van der Waals surface area contributed by atoms with Gasteiger partial charge >= 0.3 is 0 Å². The van der Waals surface area contributed by atoms with Gasteiger partial charge in [0.05, 0.1) is 0 Å². The molecule has 2 fully saturated rings. The summed E-state index contributed by atoms with van der Waals surface area (Å²) < 4.78 is 5.26. The Balaban J connectivity index is 1.71. The van der Waals surface area contributed by atoms with Crippen molar-refractivity contribution in [2.75, 3.05) is 19.8 Å². The summed E-state index contributed by atoms with van der Waals surface area (Å²) in [7, 11) is 0. The van der Waals surface area contributed by atoms with Crippen LogP contribution in [0.5, 0.6) is 0 Å². The van der Waals surface area contributed by atoms with E-state index in [1.54, 1.807) is 0 Å². The van der Waals surface area contributed by atoms with Crippen molar-refractivity contribution in [2.24, 2.45) is 11.8 Å². The van der Waals surface area contributed by atoms with E-state index in [2.05, 4.69) is 5.32 Å². The molecule has 0 unspecified atom stereocenters. The molecule has 2 rings (SSSR count). The molecule has 1 aliphatic heterocycles. The van der Waals surface area contributed by atoms with E-state index in [1.807, 2.05) is 0 Å². The van der Waals surface area contributed by atoms with Crippen LogP contribution in [0, 0.1) is 11.8 Å². The lowest BCUT2D eigenvalue weighted by Gasteiger charge is -2.30. The van der Waals surface area contributed by atoms with Gasteiger partial charge in [0.1, 0.15) is 0 Å². The monoisotopic (exact) mass is 241 g/mol. The SMILES string of the molecule is O=C(NC1CCC(CO)CC1)C1CCOCC1. The largest absolute Gasteiger partial charge is 0.396 e. The van der Waals surface area contributed by atoms with Gasteiger partial charge in [-0.2, -0.15) is 0 Å². The van der Waals surface area contributed by atoms with Crippen molar-refractivity contribution in [1.82, 2.24) is 5.32 Å². The molecule has 1 saturated carbocycles. The van der Waals surface area contributed by atoms with Crippen molar-refractivity contribution in [1.29, 1.82) is 0 Å². The van der Waals surface area contributed by atoms with E-state index in [1.165, 1.54) is 0 Å². The molecule has 17 heavy (non-hydrogen) atoms. The quantitative estimate of drug-likeness (QED) is 0.777. The average molecular weight is 241 g/mol. The predicted octanol–water partition coefficient (Wildman–Crippen LogP) is 1.08. The minimum Gasteiger partial charge on any atom is -0.396 e. The Kier molecular flexibility index (Phi) is 4.80. The molecule has 0 atom stereocenters. The van der Waals surface area contributed by atoms with Gasteiger partial charge in [-0.3, -0.25) is 4.79 Å². The third kappa shape index (κ3) is 3.68. The molecule has 1 aliphatic carbocycles. The summed E-state index contributed by atoms with van der Waals surface area (Å²) in [5, 5.41) is 12.2. The summed E-state index contributed by atoms with van der Waals surface area (Å²) in [6.45, 7) is 1.73. The minimum atomic E-state index is 0.152. The Labute approximate surface area is 103 Å². The van der Waals surface area contributed by atoms with Crippen LogP contribution in [0.2, 0.25) is 0 Å². The van der Waals surface area contributed by atoms with Gasteiger partial charge in [-0.15, -0.1) is 0 Å². The van der Waals surface area contributed by atoms with Gasteiger partial charge in [-0.25, -0.2) is 0 Å². The molecule has 0 aromatic carbocycles. The first-order valence-electron chi connectivity index (χ1n) is 6.78. The molecule has 1 saturated heterocycles. The van der Waals surface area contributed by atoms with Gasteiger partial charge in [0.15, 0.2) is 0 Å². The van der Waals surface area contributed by atoms with Crippen LogP contribution in [0.15, 0.2) is 0 Å². The van der Waals surface area contributed by atoms with Gasteiger partial charge in [0.25, 0.3) is 0 Å². The number of hydrogen-bond acceptors (Lipinski definition) is 3. The highest BCUT2D eigenvalue weighted by Crippen LogP contribution is 2.24. The van der Waals surface area contributed by atoms with Crippen LogP contribution in [-0.4, -0.2) is 36.9 Å². The van der Waals surface area contributed by atoms with E-state index in [4.69, 9.17) is 9.84 Å². The Bertz CT molecular complexity index is 243. The van der Waals surface area contributed by atoms with E-state index < -0.39 is 0 Å². The third-order valence-electron chi connectivity index (χ3n) is 4.04. The summed E-state index contributed by atoms with van der Waals surface area (Å²) in [5.41, 5.74) is 0. The lowest BCUT2D eigenvalue weighted by molar-refractivity contribution is -0.128. The van der Waals surface area contributed by atoms with Crippen molar-refractivity contribution >= 4 is 5.91 Å². The topological polar surface area (TPSA) is 58.6 Å². The fraction of sp³-hybridized carbons (Fsp3) is 0.923. The highest BCUT2D eigenvalue weighted by atomic mass is 16.5. The summed E-state index contributed by atoms with van der Waals surface area (Å²) >= 11 is 0. The van der Waals surface area contributed by atoms with Gasteiger partial charge in [0.2, 0.25) is 5.91 Å². The number of aliphatic hydroxyl groups is 1. The maximum Gasteiger partial charge on any atom is 0.223 e. The average Bonchev–Trinajstić information content (AvgIpc) is 2.40. The normalized spacial score (nSPS) is 31.1. The first kappa shape index (κ1) is 12.8. The Morgan fingerprint density at radius 3 is 2.35 bits per heavy atom. The van der Waals surface area contributed by atoms with Gasteiger partial charge in [-0.1, -0.05) is 0 Å². The minimum absolute atomic E-state index is 0.152. The van der Waals surface area contributed by atoms with E-state index in [-0.39, 0.29) is 11.8 Å².